The molecule has 40 heavy (non-hydrogen) atoms. The number of halogens is 4. The summed E-state index contributed by atoms with van der Waals surface area (Å²) in [6, 6.07) is 0.668. The molecule has 0 bridgehead atoms. The second-order valence-electron chi connectivity index (χ2n) is 11.5. The summed E-state index contributed by atoms with van der Waals surface area (Å²) in [7, 11) is 0. The number of hydrogen-bond donors (Lipinski definition) is 2. The molecule has 0 unspecified atom stereocenters. The summed E-state index contributed by atoms with van der Waals surface area (Å²) >= 11 is 0. The highest BCUT2D eigenvalue weighted by atomic mass is 19.3. The van der Waals surface area contributed by atoms with Crippen molar-refractivity contribution in [3.63, 3.8) is 0 Å². The van der Waals surface area contributed by atoms with E-state index in [1.54, 1.807) is 29.8 Å². The van der Waals surface area contributed by atoms with Crippen LogP contribution in [0.15, 0.2) is 29.2 Å². The number of amides is 2. The lowest BCUT2D eigenvalue weighted by Gasteiger charge is -2.33. The van der Waals surface area contributed by atoms with Crippen LogP contribution < -0.4 is 10.6 Å². The number of aryl methyl sites for hydroxylation is 1. The van der Waals surface area contributed by atoms with Gasteiger partial charge in [0.2, 0.25) is 17.6 Å². The average Bonchev–Trinajstić information content (AvgIpc) is 3.72. The van der Waals surface area contributed by atoms with Crippen molar-refractivity contribution in [2.45, 2.75) is 82.2 Å². The van der Waals surface area contributed by atoms with E-state index in [0.29, 0.717) is 22.7 Å². The first-order valence-electron chi connectivity index (χ1n) is 13.6. The smallest absolute Gasteiger partial charge is 0.274 e. The molecule has 3 aromatic rings. The zero-order chi connectivity index (χ0) is 28.2. The van der Waals surface area contributed by atoms with E-state index in [0.717, 1.165) is 12.8 Å². The van der Waals surface area contributed by atoms with Gasteiger partial charge in [-0.2, -0.15) is 0 Å². The SMILES string of the molecule is Cc1conc1C(=O)N[C@H](c1cn2ccc([C@H](NC(=O)C[C@@H]3CC3(F)F)C3CC3)nc2n1)C1CCC(F)(F)CC1. The second kappa shape index (κ2) is 9.84. The fourth-order valence-electron chi connectivity index (χ4n) is 5.58. The average molecular weight is 563 g/mol. The van der Waals surface area contributed by atoms with Crippen LogP contribution in [0.5, 0.6) is 0 Å². The fourth-order valence-corrected chi connectivity index (χ4v) is 5.58. The minimum Gasteiger partial charge on any atom is -0.364 e. The molecule has 3 saturated carbocycles. The number of carbonyl (C=O) groups excluding carboxylic acids is 2. The molecule has 9 nitrogen and oxygen atoms in total. The maximum absolute atomic E-state index is 13.9. The Morgan fingerprint density at radius 3 is 2.33 bits per heavy atom. The molecule has 2 N–H and O–H groups in total. The number of nitrogens with one attached hydrogen (secondary N) is 2. The molecule has 0 saturated heterocycles. The minimum absolute atomic E-state index is 0.113. The van der Waals surface area contributed by atoms with Crippen LogP contribution in [-0.2, 0) is 4.79 Å². The third kappa shape index (κ3) is 5.55. The van der Waals surface area contributed by atoms with Crippen molar-refractivity contribution in [3.05, 3.63) is 47.4 Å². The maximum atomic E-state index is 13.9. The van der Waals surface area contributed by atoms with Gasteiger partial charge in [-0.15, -0.1) is 0 Å². The Morgan fingerprint density at radius 2 is 1.70 bits per heavy atom. The monoisotopic (exact) mass is 562 g/mol. The van der Waals surface area contributed by atoms with Crippen LogP contribution in [-0.4, -0.2) is 43.2 Å². The van der Waals surface area contributed by atoms with Gasteiger partial charge in [0, 0.05) is 49.6 Å². The highest BCUT2D eigenvalue weighted by molar-refractivity contribution is 5.93. The predicted octanol–water partition coefficient (Wildman–Crippen LogP) is 4.93. The molecule has 0 aliphatic heterocycles. The largest absolute Gasteiger partial charge is 0.364 e. The summed E-state index contributed by atoms with van der Waals surface area (Å²) in [6.45, 7) is 1.68. The first-order valence-corrected chi connectivity index (χ1v) is 13.6. The topological polar surface area (TPSA) is 114 Å². The molecule has 6 rings (SSSR count). The van der Waals surface area contributed by atoms with E-state index < -0.39 is 41.7 Å². The third-order valence-electron chi connectivity index (χ3n) is 8.28. The summed E-state index contributed by atoms with van der Waals surface area (Å²) in [5, 5.41) is 9.58. The number of hydrogen-bond acceptors (Lipinski definition) is 6. The van der Waals surface area contributed by atoms with Crippen LogP contribution in [0.4, 0.5) is 17.6 Å². The van der Waals surface area contributed by atoms with Crippen molar-refractivity contribution in [1.82, 2.24) is 30.2 Å². The molecular weight excluding hydrogens is 532 g/mol. The van der Waals surface area contributed by atoms with Gasteiger partial charge in [-0.05, 0) is 50.5 Å². The molecule has 214 valence electrons. The van der Waals surface area contributed by atoms with Crippen LogP contribution in [0.2, 0.25) is 0 Å². The maximum Gasteiger partial charge on any atom is 0.274 e. The first kappa shape index (κ1) is 26.7. The van der Waals surface area contributed by atoms with Crippen molar-refractivity contribution in [1.29, 1.82) is 0 Å². The lowest BCUT2D eigenvalue weighted by atomic mass is 9.81. The summed E-state index contributed by atoms with van der Waals surface area (Å²) in [4.78, 5) is 34.8. The van der Waals surface area contributed by atoms with E-state index in [1.165, 1.54) is 6.26 Å². The number of rotatable bonds is 9. The van der Waals surface area contributed by atoms with Crippen LogP contribution in [0, 0.1) is 24.7 Å². The van der Waals surface area contributed by atoms with Gasteiger partial charge in [0.05, 0.1) is 23.5 Å². The summed E-state index contributed by atoms with van der Waals surface area (Å²) in [5.74, 6) is -7.12. The summed E-state index contributed by atoms with van der Waals surface area (Å²) in [5.41, 5.74) is 1.70. The molecular formula is C27H30F4N6O3. The highest BCUT2D eigenvalue weighted by Crippen LogP contribution is 2.51. The van der Waals surface area contributed by atoms with E-state index in [-0.39, 0.29) is 56.1 Å². The standard InChI is InChI=1S/C27H30F4N6O3/c1-14-13-40-36-21(14)24(39)35-23(16-4-7-26(28,29)8-5-16)19-12-37-9-6-18(32-25(37)33-19)22(15-2-3-15)34-20(38)10-17-11-27(17,30)31/h6,9,12-13,15-17,22-23H,2-5,7-8,10-11H2,1H3,(H,34,38)(H,35,39)/t17-,22-,23+/m1/s1. The number of aromatic nitrogens is 4. The normalized spacial score (nSPS) is 23.5. The van der Waals surface area contributed by atoms with E-state index in [1.807, 2.05) is 0 Å². The van der Waals surface area contributed by atoms with Crippen molar-refractivity contribution >= 4 is 17.6 Å². The minimum atomic E-state index is -2.76. The van der Waals surface area contributed by atoms with Gasteiger partial charge in [0.1, 0.15) is 6.26 Å². The Bertz CT molecular complexity index is 1420. The molecule has 3 atom stereocenters. The van der Waals surface area contributed by atoms with Gasteiger partial charge in [0.15, 0.2) is 5.69 Å². The van der Waals surface area contributed by atoms with E-state index in [9.17, 15) is 27.2 Å². The van der Waals surface area contributed by atoms with E-state index in [4.69, 9.17) is 4.52 Å². The van der Waals surface area contributed by atoms with Crippen molar-refractivity contribution in [3.8, 4) is 0 Å². The van der Waals surface area contributed by atoms with Gasteiger partial charge >= 0.3 is 0 Å². The van der Waals surface area contributed by atoms with Crippen LogP contribution >= 0.6 is 0 Å². The van der Waals surface area contributed by atoms with Gasteiger partial charge in [-0.25, -0.2) is 27.5 Å². The summed E-state index contributed by atoms with van der Waals surface area (Å²) in [6.07, 6.45) is 5.94. The highest BCUT2D eigenvalue weighted by Gasteiger charge is 2.57. The Kier molecular flexibility index (Phi) is 6.57. The molecule has 0 aromatic carbocycles. The number of carbonyl (C=O) groups is 2. The fraction of sp³-hybridized carbons (Fsp3) is 0.593. The van der Waals surface area contributed by atoms with Crippen molar-refractivity contribution in [2.24, 2.45) is 17.8 Å². The Morgan fingerprint density at radius 1 is 1.05 bits per heavy atom. The van der Waals surface area contributed by atoms with Gasteiger partial charge in [-0.3, -0.25) is 14.0 Å². The lowest BCUT2D eigenvalue weighted by Crippen LogP contribution is -2.37. The van der Waals surface area contributed by atoms with E-state index in [2.05, 4.69) is 25.8 Å². The van der Waals surface area contributed by atoms with Gasteiger partial charge in [0.25, 0.3) is 11.8 Å². The third-order valence-corrected chi connectivity index (χ3v) is 8.28. The molecule has 0 spiro atoms. The van der Waals surface area contributed by atoms with Gasteiger partial charge < -0.3 is 15.2 Å². The van der Waals surface area contributed by atoms with Crippen LogP contribution in [0.3, 0.4) is 0 Å². The van der Waals surface area contributed by atoms with Crippen molar-refractivity contribution in [2.75, 3.05) is 0 Å². The Hall–Kier alpha value is -3.51. The predicted molar refractivity (Wildman–Crippen MR) is 133 cm³/mol. The number of alkyl halides is 4. The Labute approximate surface area is 227 Å². The number of fused-ring (bicyclic) bond motifs is 1. The zero-order valence-corrected chi connectivity index (χ0v) is 21.9. The summed E-state index contributed by atoms with van der Waals surface area (Å²) < 4.78 is 61.0. The lowest BCUT2D eigenvalue weighted by molar-refractivity contribution is -0.123. The van der Waals surface area contributed by atoms with Gasteiger partial charge in [-0.1, -0.05) is 5.16 Å². The zero-order valence-electron chi connectivity index (χ0n) is 21.9. The molecule has 3 heterocycles. The molecule has 0 radical (unpaired) electrons. The molecule has 2 amide bonds. The molecule has 3 aliphatic carbocycles. The molecule has 3 aliphatic rings. The quantitative estimate of drug-likeness (QED) is 0.358. The van der Waals surface area contributed by atoms with Crippen LogP contribution in [0.1, 0.15) is 90.9 Å². The van der Waals surface area contributed by atoms with Crippen LogP contribution in [0.25, 0.3) is 5.78 Å². The Balaban J connectivity index is 1.25. The molecule has 13 heteroatoms. The first-order chi connectivity index (χ1) is 19.0. The second-order valence-corrected chi connectivity index (χ2v) is 11.5. The number of imidazole rings is 1. The number of nitrogens with zero attached hydrogens (tertiary/aromatic N) is 4. The van der Waals surface area contributed by atoms with E-state index >= 15 is 0 Å². The molecule has 3 fully saturated rings. The molecule has 3 aromatic heterocycles. The van der Waals surface area contributed by atoms with Crippen molar-refractivity contribution < 1.29 is 31.7 Å².